The third-order valence-electron chi connectivity index (χ3n) is 5.15. The fourth-order valence-electron chi connectivity index (χ4n) is 3.54. The molecule has 4 rings (SSSR count). The van der Waals surface area contributed by atoms with Crippen molar-refractivity contribution in [3.8, 4) is 10.8 Å². The predicted molar refractivity (Wildman–Crippen MR) is 109 cm³/mol. The van der Waals surface area contributed by atoms with Crippen LogP contribution in [0.2, 0.25) is 0 Å². The topological polar surface area (TPSA) is 85.4 Å². The molecule has 1 fully saturated rings. The third kappa shape index (κ3) is 4.37. The Morgan fingerprint density at radius 3 is 2.55 bits per heavy atom. The van der Waals surface area contributed by atoms with Gasteiger partial charge in [-0.2, -0.15) is 4.68 Å². The van der Waals surface area contributed by atoms with E-state index in [1.165, 1.54) is 16.0 Å². The Morgan fingerprint density at radius 2 is 1.86 bits per heavy atom. The van der Waals surface area contributed by atoms with Crippen LogP contribution in [0.1, 0.15) is 29.6 Å². The summed E-state index contributed by atoms with van der Waals surface area (Å²) in [6, 6.07) is 13.0. The molecule has 0 unspecified atom stereocenters. The molecule has 0 atom stereocenters. The number of hydrogen-bond acceptors (Lipinski definition) is 6. The van der Waals surface area contributed by atoms with Gasteiger partial charge in [0.25, 0.3) is 5.89 Å². The van der Waals surface area contributed by atoms with Gasteiger partial charge in [0.05, 0.1) is 11.4 Å². The minimum atomic E-state index is -0.562. The summed E-state index contributed by atoms with van der Waals surface area (Å²) in [5.74, 6) is -0.227. The van der Waals surface area contributed by atoms with Gasteiger partial charge in [0.15, 0.2) is 5.78 Å². The van der Waals surface area contributed by atoms with Gasteiger partial charge in [-0.1, -0.05) is 36.4 Å². The number of aromatic nitrogens is 2. The zero-order valence-electron chi connectivity index (χ0n) is 15.8. The van der Waals surface area contributed by atoms with E-state index in [9.17, 15) is 14.4 Å². The Balaban J connectivity index is 1.29. The molecule has 29 heavy (non-hydrogen) atoms. The standard InChI is InChI=1S/C21H21N3O4S/c25-18(10-13-24-21(27)28-20(22-24)17-7-4-14-29-17)23-11-8-16(9-12-23)19(26)15-5-2-1-3-6-15/h1-7,14,16H,8-13H2. The van der Waals surface area contributed by atoms with Crippen molar-refractivity contribution in [1.82, 2.24) is 14.7 Å². The smallest absolute Gasteiger partial charge is 0.387 e. The van der Waals surface area contributed by atoms with Crippen LogP contribution < -0.4 is 5.76 Å². The summed E-state index contributed by atoms with van der Waals surface area (Å²) in [5.41, 5.74) is 0.726. The maximum Gasteiger partial charge on any atom is 0.437 e. The van der Waals surface area contributed by atoms with Crippen LogP contribution in [0.15, 0.2) is 57.1 Å². The average Bonchev–Trinajstić information content (AvgIpc) is 3.42. The van der Waals surface area contributed by atoms with Gasteiger partial charge >= 0.3 is 5.76 Å². The second-order valence-corrected chi connectivity index (χ2v) is 7.96. The van der Waals surface area contributed by atoms with Crippen LogP contribution in [0.4, 0.5) is 0 Å². The summed E-state index contributed by atoms with van der Waals surface area (Å²) in [7, 11) is 0. The number of amides is 1. The molecule has 1 amide bonds. The molecular weight excluding hydrogens is 390 g/mol. The van der Waals surface area contributed by atoms with E-state index >= 15 is 0 Å². The lowest BCUT2D eigenvalue weighted by molar-refractivity contribution is -0.132. The van der Waals surface area contributed by atoms with Crippen molar-refractivity contribution in [2.24, 2.45) is 5.92 Å². The molecular formula is C21H21N3O4S. The Bertz CT molecular complexity index is 1030. The zero-order chi connectivity index (χ0) is 20.2. The highest BCUT2D eigenvalue weighted by Gasteiger charge is 2.27. The molecule has 1 aromatic carbocycles. The van der Waals surface area contributed by atoms with Crippen LogP contribution in [0.3, 0.4) is 0 Å². The van der Waals surface area contributed by atoms with Crippen molar-refractivity contribution in [1.29, 1.82) is 0 Å². The first-order chi connectivity index (χ1) is 14.1. The number of benzene rings is 1. The summed E-state index contributed by atoms with van der Waals surface area (Å²) in [5, 5.41) is 6.05. The van der Waals surface area contributed by atoms with Gasteiger partial charge in [-0.05, 0) is 24.3 Å². The molecule has 1 saturated heterocycles. The summed E-state index contributed by atoms with van der Waals surface area (Å²) >= 11 is 1.43. The van der Waals surface area contributed by atoms with E-state index < -0.39 is 5.76 Å². The fourth-order valence-corrected chi connectivity index (χ4v) is 4.18. The normalized spacial score (nSPS) is 14.8. The molecule has 2 aromatic heterocycles. The molecule has 1 aliphatic heterocycles. The molecule has 150 valence electrons. The lowest BCUT2D eigenvalue weighted by atomic mass is 9.89. The second kappa shape index (κ2) is 8.57. The van der Waals surface area contributed by atoms with Crippen molar-refractivity contribution >= 4 is 23.0 Å². The molecule has 0 radical (unpaired) electrons. The first kappa shape index (κ1) is 19.3. The Kier molecular flexibility index (Phi) is 5.71. The summed E-state index contributed by atoms with van der Waals surface area (Å²) in [6.07, 6.45) is 1.49. The fraction of sp³-hybridized carbons (Fsp3) is 0.333. The monoisotopic (exact) mass is 411 g/mol. The lowest BCUT2D eigenvalue weighted by Crippen LogP contribution is -2.40. The van der Waals surface area contributed by atoms with E-state index in [4.69, 9.17) is 4.42 Å². The first-order valence-corrected chi connectivity index (χ1v) is 10.5. The van der Waals surface area contributed by atoms with Crippen LogP contribution in [0, 0.1) is 5.92 Å². The molecule has 3 heterocycles. The van der Waals surface area contributed by atoms with E-state index in [-0.39, 0.29) is 36.5 Å². The van der Waals surface area contributed by atoms with E-state index in [1.54, 1.807) is 4.90 Å². The summed E-state index contributed by atoms with van der Waals surface area (Å²) in [6.45, 7) is 1.28. The number of nitrogens with zero attached hydrogens (tertiary/aromatic N) is 3. The number of thiophene rings is 1. The first-order valence-electron chi connectivity index (χ1n) is 9.60. The van der Waals surface area contributed by atoms with Crippen LogP contribution in [0.25, 0.3) is 10.8 Å². The van der Waals surface area contributed by atoms with E-state index in [2.05, 4.69) is 5.10 Å². The number of carbonyl (C=O) groups is 2. The molecule has 0 spiro atoms. The SMILES string of the molecule is O=C(c1ccccc1)C1CCN(C(=O)CCn2nc(-c3cccs3)oc2=O)CC1. The zero-order valence-corrected chi connectivity index (χ0v) is 16.6. The molecule has 0 N–H and O–H groups in total. The van der Waals surface area contributed by atoms with Crippen molar-refractivity contribution in [2.75, 3.05) is 13.1 Å². The van der Waals surface area contributed by atoms with Gasteiger partial charge in [0.2, 0.25) is 5.91 Å². The van der Waals surface area contributed by atoms with E-state index in [0.717, 1.165) is 10.4 Å². The summed E-state index contributed by atoms with van der Waals surface area (Å²) < 4.78 is 6.36. The van der Waals surface area contributed by atoms with Gasteiger partial charge < -0.3 is 9.32 Å². The number of carbonyl (C=O) groups excluding carboxylic acids is 2. The van der Waals surface area contributed by atoms with Gasteiger partial charge in [-0.15, -0.1) is 16.4 Å². The van der Waals surface area contributed by atoms with Gasteiger partial charge in [-0.3, -0.25) is 9.59 Å². The largest absolute Gasteiger partial charge is 0.437 e. The Labute approximate surface area is 171 Å². The predicted octanol–water partition coefficient (Wildman–Crippen LogP) is 3.08. The second-order valence-electron chi connectivity index (χ2n) is 7.01. The number of hydrogen-bond donors (Lipinski definition) is 0. The summed E-state index contributed by atoms with van der Waals surface area (Å²) in [4.78, 5) is 39.6. The van der Waals surface area contributed by atoms with Crippen LogP contribution >= 0.6 is 11.3 Å². The third-order valence-corrected chi connectivity index (χ3v) is 6.01. The molecule has 1 aliphatic rings. The average molecular weight is 411 g/mol. The quantitative estimate of drug-likeness (QED) is 0.582. The molecule has 3 aromatic rings. The number of likely N-dealkylation sites (tertiary alicyclic amines) is 1. The number of ketones is 1. The Morgan fingerprint density at radius 1 is 1.10 bits per heavy atom. The van der Waals surface area contributed by atoms with E-state index in [1.807, 2.05) is 47.8 Å². The van der Waals surface area contributed by atoms with Gasteiger partial charge in [0.1, 0.15) is 0 Å². The number of aryl methyl sites for hydroxylation is 1. The van der Waals surface area contributed by atoms with Crippen molar-refractivity contribution in [3.63, 3.8) is 0 Å². The van der Waals surface area contributed by atoms with Gasteiger partial charge in [-0.25, -0.2) is 4.79 Å². The van der Waals surface area contributed by atoms with Gasteiger partial charge in [0, 0.05) is 31.0 Å². The lowest BCUT2D eigenvalue weighted by Gasteiger charge is -2.31. The van der Waals surface area contributed by atoms with Crippen LogP contribution in [-0.2, 0) is 11.3 Å². The minimum Gasteiger partial charge on any atom is -0.387 e. The minimum absolute atomic E-state index is 0.0387. The molecule has 0 bridgehead atoms. The highest BCUT2D eigenvalue weighted by molar-refractivity contribution is 7.13. The van der Waals surface area contributed by atoms with E-state index in [0.29, 0.717) is 25.9 Å². The van der Waals surface area contributed by atoms with Crippen molar-refractivity contribution < 1.29 is 14.0 Å². The molecule has 8 heteroatoms. The maximum atomic E-state index is 12.6. The number of rotatable bonds is 6. The van der Waals surface area contributed by atoms with Crippen molar-refractivity contribution in [2.45, 2.75) is 25.8 Å². The molecule has 7 nitrogen and oxygen atoms in total. The number of Topliss-reactive ketones (excluding diaryl/α,β-unsaturated/α-hetero) is 1. The highest BCUT2D eigenvalue weighted by Crippen LogP contribution is 2.23. The molecule has 0 saturated carbocycles. The maximum absolute atomic E-state index is 12.6. The number of piperidine rings is 1. The van der Waals surface area contributed by atoms with Crippen molar-refractivity contribution in [3.05, 3.63) is 64.0 Å². The highest BCUT2D eigenvalue weighted by atomic mass is 32.1. The van der Waals surface area contributed by atoms with Crippen LogP contribution in [-0.4, -0.2) is 39.5 Å². The Hall–Kier alpha value is -3.00. The van der Waals surface area contributed by atoms with Crippen LogP contribution in [0.5, 0.6) is 0 Å². The molecule has 0 aliphatic carbocycles.